The normalized spacial score (nSPS) is 10.8. The predicted molar refractivity (Wildman–Crippen MR) is 77.9 cm³/mol. The molecule has 20 heavy (non-hydrogen) atoms. The zero-order valence-corrected chi connectivity index (χ0v) is 10.9. The van der Waals surface area contributed by atoms with Gasteiger partial charge in [0, 0.05) is 16.8 Å². The molecule has 0 unspecified atom stereocenters. The Morgan fingerprint density at radius 1 is 1.00 bits per heavy atom. The second-order valence-electron chi connectivity index (χ2n) is 4.74. The molecule has 0 aliphatic heterocycles. The summed E-state index contributed by atoms with van der Waals surface area (Å²) in [5.74, 6) is -0.124. The zero-order chi connectivity index (χ0) is 14.3. The van der Waals surface area contributed by atoms with E-state index in [9.17, 15) is 9.59 Å². The second-order valence-corrected chi connectivity index (χ2v) is 4.74. The van der Waals surface area contributed by atoms with Crippen LogP contribution >= 0.6 is 0 Å². The van der Waals surface area contributed by atoms with E-state index >= 15 is 0 Å². The van der Waals surface area contributed by atoms with Gasteiger partial charge in [-0.3, -0.25) is 4.79 Å². The number of carbonyl (C=O) groups excluding carboxylic acids is 1. The summed E-state index contributed by atoms with van der Waals surface area (Å²) in [5.41, 5.74) is 9.40. The number of rotatable bonds is 2. The summed E-state index contributed by atoms with van der Waals surface area (Å²) in [6, 6.07) is 10.3. The van der Waals surface area contributed by atoms with E-state index in [-0.39, 0.29) is 11.5 Å². The van der Waals surface area contributed by atoms with Crippen LogP contribution in [0.15, 0.2) is 41.2 Å². The molecule has 0 aliphatic rings. The van der Waals surface area contributed by atoms with E-state index in [0.29, 0.717) is 27.8 Å². The number of hydrogen-bond acceptors (Lipinski definition) is 3. The number of nitrogens with two attached hydrogens (primary N) is 1. The number of aromatic amines is 2. The first-order valence-electron chi connectivity index (χ1n) is 6.17. The third-order valence-corrected chi connectivity index (χ3v) is 3.32. The monoisotopic (exact) mass is 267 g/mol. The quantitative estimate of drug-likeness (QED) is 0.489. The van der Waals surface area contributed by atoms with Crippen LogP contribution in [0.25, 0.3) is 11.0 Å². The van der Waals surface area contributed by atoms with E-state index in [1.807, 2.05) is 13.0 Å². The van der Waals surface area contributed by atoms with E-state index in [2.05, 4.69) is 9.97 Å². The van der Waals surface area contributed by atoms with Gasteiger partial charge in [0.2, 0.25) is 0 Å². The van der Waals surface area contributed by atoms with Crippen molar-refractivity contribution in [1.29, 1.82) is 0 Å². The Hall–Kier alpha value is -2.82. The highest BCUT2D eigenvalue weighted by molar-refractivity contribution is 6.10. The summed E-state index contributed by atoms with van der Waals surface area (Å²) in [7, 11) is 0. The molecule has 3 rings (SSSR count). The number of anilines is 1. The van der Waals surface area contributed by atoms with E-state index in [1.165, 1.54) is 0 Å². The van der Waals surface area contributed by atoms with Crippen molar-refractivity contribution in [3.63, 3.8) is 0 Å². The van der Waals surface area contributed by atoms with Gasteiger partial charge in [-0.15, -0.1) is 0 Å². The van der Waals surface area contributed by atoms with Crippen molar-refractivity contribution in [2.45, 2.75) is 6.92 Å². The van der Waals surface area contributed by atoms with Gasteiger partial charge in [0.15, 0.2) is 5.78 Å². The van der Waals surface area contributed by atoms with Crippen LogP contribution in [0.1, 0.15) is 21.5 Å². The molecule has 0 aliphatic carbocycles. The number of aromatic nitrogens is 2. The topological polar surface area (TPSA) is 91.7 Å². The van der Waals surface area contributed by atoms with E-state index in [4.69, 9.17) is 5.73 Å². The number of fused-ring (bicyclic) bond motifs is 1. The third kappa shape index (κ3) is 1.99. The van der Waals surface area contributed by atoms with Crippen LogP contribution in [0.4, 0.5) is 5.69 Å². The molecular formula is C15H13N3O2. The van der Waals surface area contributed by atoms with E-state index in [0.717, 1.165) is 5.56 Å². The lowest BCUT2D eigenvalue weighted by atomic mass is 10.0. The van der Waals surface area contributed by atoms with Gasteiger partial charge in [-0.25, -0.2) is 4.79 Å². The maximum atomic E-state index is 12.4. The Morgan fingerprint density at radius 2 is 1.65 bits per heavy atom. The molecular weight excluding hydrogens is 254 g/mol. The molecule has 0 spiro atoms. The summed E-state index contributed by atoms with van der Waals surface area (Å²) >= 11 is 0. The minimum absolute atomic E-state index is 0.124. The lowest BCUT2D eigenvalue weighted by Gasteiger charge is -2.05. The molecule has 0 amide bonds. The summed E-state index contributed by atoms with van der Waals surface area (Å²) < 4.78 is 0. The van der Waals surface area contributed by atoms with Crippen molar-refractivity contribution in [3.8, 4) is 0 Å². The summed E-state index contributed by atoms with van der Waals surface area (Å²) in [6.07, 6.45) is 0. The van der Waals surface area contributed by atoms with Gasteiger partial charge in [-0.1, -0.05) is 12.1 Å². The van der Waals surface area contributed by atoms with Crippen LogP contribution in [-0.4, -0.2) is 15.8 Å². The largest absolute Gasteiger partial charge is 0.398 e. The number of ketones is 1. The number of nitrogen functional groups attached to an aromatic ring is 1. The molecule has 100 valence electrons. The van der Waals surface area contributed by atoms with Gasteiger partial charge in [0.05, 0.1) is 11.0 Å². The highest BCUT2D eigenvalue weighted by Crippen LogP contribution is 2.18. The van der Waals surface area contributed by atoms with Crippen LogP contribution in [0.3, 0.4) is 0 Å². The van der Waals surface area contributed by atoms with Crippen molar-refractivity contribution in [2.24, 2.45) is 0 Å². The van der Waals surface area contributed by atoms with Crippen LogP contribution in [0.2, 0.25) is 0 Å². The standard InChI is InChI=1S/C15H13N3O2/c1-8-2-3-9(6-11(8)16)14(19)10-4-5-12-13(7-10)18-15(20)17-12/h2-7H,16H2,1H3,(H2,17,18,20). The number of nitrogens with one attached hydrogen (secondary N) is 2. The number of hydrogen-bond donors (Lipinski definition) is 3. The molecule has 3 aromatic rings. The zero-order valence-electron chi connectivity index (χ0n) is 10.9. The molecule has 0 saturated carbocycles. The Kier molecular flexibility index (Phi) is 2.68. The highest BCUT2D eigenvalue weighted by Gasteiger charge is 2.11. The van der Waals surface area contributed by atoms with Gasteiger partial charge >= 0.3 is 5.69 Å². The highest BCUT2D eigenvalue weighted by atomic mass is 16.1. The lowest BCUT2D eigenvalue weighted by molar-refractivity contribution is 0.103. The Balaban J connectivity index is 2.07. The lowest BCUT2D eigenvalue weighted by Crippen LogP contribution is -2.03. The summed E-state index contributed by atoms with van der Waals surface area (Å²) in [6.45, 7) is 1.89. The third-order valence-electron chi connectivity index (χ3n) is 3.32. The molecule has 0 bridgehead atoms. The van der Waals surface area contributed by atoms with Gasteiger partial charge in [-0.2, -0.15) is 0 Å². The summed E-state index contributed by atoms with van der Waals surface area (Å²) in [5, 5.41) is 0. The first-order chi connectivity index (χ1) is 9.54. The van der Waals surface area contributed by atoms with Gasteiger partial charge < -0.3 is 15.7 Å². The first kappa shape index (κ1) is 12.2. The molecule has 5 nitrogen and oxygen atoms in total. The molecule has 4 N–H and O–H groups in total. The van der Waals surface area contributed by atoms with Crippen LogP contribution in [0, 0.1) is 6.92 Å². The number of carbonyl (C=O) groups is 1. The van der Waals surface area contributed by atoms with Crippen molar-refractivity contribution < 1.29 is 4.79 Å². The van der Waals surface area contributed by atoms with Gasteiger partial charge in [0.25, 0.3) is 0 Å². The van der Waals surface area contributed by atoms with Crippen molar-refractivity contribution >= 4 is 22.5 Å². The van der Waals surface area contributed by atoms with Gasteiger partial charge in [0.1, 0.15) is 0 Å². The molecule has 0 saturated heterocycles. The fourth-order valence-corrected chi connectivity index (χ4v) is 2.12. The molecule has 0 atom stereocenters. The SMILES string of the molecule is Cc1ccc(C(=O)c2ccc3[nH]c(=O)[nH]c3c2)cc1N. The minimum Gasteiger partial charge on any atom is -0.398 e. The number of H-pyrrole nitrogens is 2. The Bertz CT molecular complexity index is 874. The molecule has 2 aromatic carbocycles. The number of imidazole rings is 1. The Morgan fingerprint density at radius 3 is 2.40 bits per heavy atom. The van der Waals surface area contributed by atoms with Crippen molar-refractivity contribution in [2.75, 3.05) is 5.73 Å². The smallest absolute Gasteiger partial charge is 0.323 e. The van der Waals surface area contributed by atoms with Gasteiger partial charge in [-0.05, 0) is 36.8 Å². The fourth-order valence-electron chi connectivity index (χ4n) is 2.12. The Labute approximate surface area is 114 Å². The van der Waals surface area contributed by atoms with Crippen LogP contribution < -0.4 is 11.4 Å². The summed E-state index contributed by atoms with van der Waals surface area (Å²) in [4.78, 5) is 28.9. The molecule has 0 fully saturated rings. The predicted octanol–water partition coefficient (Wildman–Crippen LogP) is 1.98. The minimum atomic E-state index is -0.288. The molecule has 5 heteroatoms. The average molecular weight is 267 g/mol. The van der Waals surface area contributed by atoms with Crippen molar-refractivity contribution in [3.05, 3.63) is 63.6 Å². The van der Waals surface area contributed by atoms with Crippen LogP contribution in [-0.2, 0) is 0 Å². The molecule has 0 radical (unpaired) electrons. The maximum Gasteiger partial charge on any atom is 0.323 e. The average Bonchev–Trinajstić information content (AvgIpc) is 2.80. The first-order valence-corrected chi connectivity index (χ1v) is 6.17. The van der Waals surface area contributed by atoms with Crippen molar-refractivity contribution in [1.82, 2.24) is 9.97 Å². The molecule has 1 heterocycles. The number of aryl methyl sites for hydroxylation is 1. The number of benzene rings is 2. The maximum absolute atomic E-state index is 12.4. The second kappa shape index (κ2) is 4.38. The van der Waals surface area contributed by atoms with E-state index in [1.54, 1.807) is 30.3 Å². The van der Waals surface area contributed by atoms with Crippen LogP contribution in [0.5, 0.6) is 0 Å². The fraction of sp³-hybridized carbons (Fsp3) is 0.0667. The van der Waals surface area contributed by atoms with E-state index < -0.39 is 0 Å². The molecule has 1 aromatic heterocycles.